The fourth-order valence-electron chi connectivity index (χ4n) is 2.47. The van der Waals surface area contributed by atoms with Crippen LogP contribution in [0.25, 0.3) is 0 Å². The molecule has 0 spiro atoms. The van der Waals surface area contributed by atoms with Gasteiger partial charge in [0.25, 0.3) is 0 Å². The zero-order chi connectivity index (χ0) is 15.6. The van der Waals surface area contributed by atoms with Crippen molar-refractivity contribution in [2.75, 3.05) is 19.0 Å². The van der Waals surface area contributed by atoms with E-state index >= 15 is 0 Å². The molecule has 0 heterocycles. The quantitative estimate of drug-likeness (QED) is 0.850. The molecule has 1 fully saturated rings. The van der Waals surface area contributed by atoms with Crippen molar-refractivity contribution in [2.24, 2.45) is 0 Å². The van der Waals surface area contributed by atoms with Gasteiger partial charge in [0.1, 0.15) is 6.10 Å². The summed E-state index contributed by atoms with van der Waals surface area (Å²) in [4.78, 5) is 0. The highest BCUT2D eigenvalue weighted by atomic mass is 79.9. The van der Waals surface area contributed by atoms with Crippen LogP contribution in [0.3, 0.4) is 0 Å². The first-order chi connectivity index (χ1) is 9.85. The molecule has 1 aromatic carbocycles. The van der Waals surface area contributed by atoms with E-state index in [9.17, 15) is 13.2 Å². The predicted molar refractivity (Wildman–Crippen MR) is 77.4 cm³/mol. The monoisotopic (exact) mass is 367 g/mol. The van der Waals surface area contributed by atoms with E-state index in [-0.39, 0.29) is 18.2 Å². The number of rotatable bonds is 5. The van der Waals surface area contributed by atoms with Crippen LogP contribution in [0, 0.1) is 0 Å². The number of anilines is 1. The standard InChI is InChI=1S/C14H17BrF3NO2/c1-3-21-12-7-11(13(12)20-2)19-10-5-8(14(16,17)18)4-9(15)6-10/h4-6,11-13,19H,3,7H2,1-2H3. The summed E-state index contributed by atoms with van der Waals surface area (Å²) in [6.45, 7) is 2.49. The highest BCUT2D eigenvalue weighted by molar-refractivity contribution is 9.10. The van der Waals surface area contributed by atoms with Gasteiger partial charge in [0.05, 0.1) is 17.7 Å². The zero-order valence-electron chi connectivity index (χ0n) is 11.7. The first-order valence-corrected chi connectivity index (χ1v) is 7.43. The van der Waals surface area contributed by atoms with Gasteiger partial charge in [-0.15, -0.1) is 0 Å². The molecule has 1 aromatic rings. The van der Waals surface area contributed by atoms with Crippen molar-refractivity contribution in [3.8, 4) is 0 Å². The molecular formula is C14H17BrF3NO2. The fourth-order valence-corrected chi connectivity index (χ4v) is 2.96. The Labute approximate surface area is 129 Å². The van der Waals surface area contributed by atoms with Gasteiger partial charge in [0, 0.05) is 23.9 Å². The molecule has 0 aromatic heterocycles. The van der Waals surface area contributed by atoms with Gasteiger partial charge >= 0.3 is 6.18 Å². The number of ether oxygens (including phenoxy) is 2. The van der Waals surface area contributed by atoms with Crippen molar-refractivity contribution in [1.82, 2.24) is 0 Å². The molecule has 0 bridgehead atoms. The number of methoxy groups -OCH3 is 1. The van der Waals surface area contributed by atoms with Gasteiger partial charge in [0.2, 0.25) is 0 Å². The average Bonchev–Trinajstić information content (AvgIpc) is 2.36. The number of halogens is 4. The number of alkyl halides is 3. The maximum absolute atomic E-state index is 12.8. The summed E-state index contributed by atoms with van der Waals surface area (Å²) in [6, 6.07) is 3.73. The molecule has 118 valence electrons. The van der Waals surface area contributed by atoms with Crippen LogP contribution in [-0.2, 0) is 15.7 Å². The van der Waals surface area contributed by atoms with Crippen molar-refractivity contribution < 1.29 is 22.6 Å². The van der Waals surface area contributed by atoms with E-state index in [0.29, 0.717) is 23.2 Å². The molecule has 3 nitrogen and oxygen atoms in total. The van der Waals surface area contributed by atoms with Gasteiger partial charge in [-0.25, -0.2) is 0 Å². The molecule has 1 aliphatic rings. The Bertz CT molecular complexity index is 496. The van der Waals surface area contributed by atoms with E-state index in [1.165, 1.54) is 0 Å². The molecule has 1 aliphatic carbocycles. The van der Waals surface area contributed by atoms with Crippen molar-refractivity contribution in [3.63, 3.8) is 0 Å². The molecule has 1 saturated carbocycles. The Hall–Kier alpha value is -0.790. The number of hydrogen-bond donors (Lipinski definition) is 1. The second-order valence-electron chi connectivity index (χ2n) is 4.91. The van der Waals surface area contributed by atoms with E-state index < -0.39 is 11.7 Å². The summed E-state index contributed by atoms with van der Waals surface area (Å²) in [6.07, 6.45) is -3.82. The number of benzene rings is 1. The van der Waals surface area contributed by atoms with E-state index in [1.807, 2.05) is 6.92 Å². The van der Waals surface area contributed by atoms with Gasteiger partial charge in [-0.3, -0.25) is 0 Å². The van der Waals surface area contributed by atoms with Crippen molar-refractivity contribution in [1.29, 1.82) is 0 Å². The molecule has 7 heteroatoms. The minimum Gasteiger partial charge on any atom is -0.379 e. The lowest BCUT2D eigenvalue weighted by atomic mass is 9.85. The van der Waals surface area contributed by atoms with Crippen LogP contribution < -0.4 is 5.32 Å². The van der Waals surface area contributed by atoms with Crippen LogP contribution in [0.2, 0.25) is 0 Å². The maximum Gasteiger partial charge on any atom is 0.416 e. The van der Waals surface area contributed by atoms with Crippen LogP contribution in [0.5, 0.6) is 0 Å². The Morgan fingerprint density at radius 1 is 1.33 bits per heavy atom. The summed E-state index contributed by atoms with van der Waals surface area (Å²) in [5.41, 5.74) is -0.271. The van der Waals surface area contributed by atoms with Crippen molar-refractivity contribution in [3.05, 3.63) is 28.2 Å². The van der Waals surface area contributed by atoms with Gasteiger partial charge in [-0.1, -0.05) is 15.9 Å². The molecule has 3 atom stereocenters. The third-order valence-corrected chi connectivity index (χ3v) is 3.94. The molecule has 3 unspecified atom stereocenters. The van der Waals surface area contributed by atoms with Crippen molar-refractivity contribution >= 4 is 21.6 Å². The van der Waals surface area contributed by atoms with Gasteiger partial charge in [0.15, 0.2) is 0 Å². The molecule has 0 radical (unpaired) electrons. The van der Waals surface area contributed by atoms with Crippen LogP contribution >= 0.6 is 15.9 Å². The van der Waals surface area contributed by atoms with Crippen LogP contribution in [0.4, 0.5) is 18.9 Å². The molecular weight excluding hydrogens is 351 g/mol. The minimum atomic E-state index is -4.37. The summed E-state index contributed by atoms with van der Waals surface area (Å²) >= 11 is 3.11. The van der Waals surface area contributed by atoms with Crippen molar-refractivity contribution in [2.45, 2.75) is 37.8 Å². The molecule has 0 amide bonds. The van der Waals surface area contributed by atoms with E-state index in [4.69, 9.17) is 9.47 Å². The Morgan fingerprint density at radius 3 is 2.62 bits per heavy atom. The maximum atomic E-state index is 12.8. The largest absolute Gasteiger partial charge is 0.416 e. The summed E-state index contributed by atoms with van der Waals surface area (Å²) in [5.74, 6) is 0. The lowest BCUT2D eigenvalue weighted by Crippen LogP contribution is -2.56. The minimum absolute atomic E-state index is 0.00765. The molecule has 21 heavy (non-hydrogen) atoms. The highest BCUT2D eigenvalue weighted by Gasteiger charge is 2.42. The molecule has 0 saturated heterocycles. The first kappa shape index (κ1) is 16.6. The van der Waals surface area contributed by atoms with Crippen LogP contribution in [-0.4, -0.2) is 32.0 Å². The summed E-state index contributed by atoms with van der Waals surface area (Å²) in [7, 11) is 1.58. The average molecular weight is 368 g/mol. The molecule has 1 N–H and O–H groups in total. The van der Waals surface area contributed by atoms with E-state index in [2.05, 4.69) is 21.2 Å². The first-order valence-electron chi connectivity index (χ1n) is 6.64. The molecule has 0 aliphatic heterocycles. The van der Waals surface area contributed by atoms with Gasteiger partial charge < -0.3 is 14.8 Å². The third kappa shape index (κ3) is 3.90. The number of hydrogen-bond acceptors (Lipinski definition) is 3. The topological polar surface area (TPSA) is 30.5 Å². The third-order valence-electron chi connectivity index (χ3n) is 3.48. The Morgan fingerprint density at radius 2 is 2.05 bits per heavy atom. The lowest BCUT2D eigenvalue weighted by molar-refractivity contribution is -0.137. The zero-order valence-corrected chi connectivity index (χ0v) is 13.3. The van der Waals surface area contributed by atoms with Gasteiger partial charge in [-0.2, -0.15) is 13.2 Å². The second kappa shape index (κ2) is 6.54. The second-order valence-corrected chi connectivity index (χ2v) is 5.82. The highest BCUT2D eigenvalue weighted by Crippen LogP contribution is 2.35. The smallest absolute Gasteiger partial charge is 0.379 e. The summed E-state index contributed by atoms with van der Waals surface area (Å²) < 4.78 is 49.6. The SMILES string of the molecule is CCOC1CC(Nc2cc(Br)cc(C(F)(F)F)c2)C1OC. The summed E-state index contributed by atoms with van der Waals surface area (Å²) in [5, 5.41) is 3.09. The van der Waals surface area contributed by atoms with Crippen LogP contribution in [0.15, 0.2) is 22.7 Å². The van der Waals surface area contributed by atoms with E-state index in [0.717, 1.165) is 12.1 Å². The predicted octanol–water partition coefficient (Wildman–Crippen LogP) is 4.07. The normalized spacial score (nSPS) is 25.5. The van der Waals surface area contributed by atoms with E-state index in [1.54, 1.807) is 13.2 Å². The lowest BCUT2D eigenvalue weighted by Gasteiger charge is -2.43. The Kier molecular flexibility index (Phi) is 5.16. The Balaban J connectivity index is 2.09. The van der Waals surface area contributed by atoms with Crippen LogP contribution in [0.1, 0.15) is 18.9 Å². The van der Waals surface area contributed by atoms with Gasteiger partial charge in [-0.05, 0) is 31.5 Å². The molecule has 2 rings (SSSR count). The fraction of sp³-hybridized carbons (Fsp3) is 0.571. The number of nitrogens with one attached hydrogen (secondary N) is 1.